The normalized spacial score (nSPS) is 18.6. The molecule has 2 aliphatic rings. The van der Waals surface area contributed by atoms with E-state index in [2.05, 4.69) is 79.7 Å². The minimum Gasteiger partial charge on any atom is -0.489 e. The van der Waals surface area contributed by atoms with E-state index in [0.29, 0.717) is 6.61 Å². The van der Waals surface area contributed by atoms with Gasteiger partial charge in [-0.3, -0.25) is 4.99 Å². The van der Waals surface area contributed by atoms with E-state index in [4.69, 9.17) is 15.5 Å². The van der Waals surface area contributed by atoms with Crippen molar-refractivity contribution in [3.63, 3.8) is 0 Å². The number of hydrogen-bond donors (Lipinski definition) is 1. The first-order chi connectivity index (χ1) is 17.5. The van der Waals surface area contributed by atoms with Gasteiger partial charge in [0.2, 0.25) is 0 Å². The van der Waals surface area contributed by atoms with Crippen molar-refractivity contribution >= 4 is 5.71 Å². The zero-order valence-corrected chi connectivity index (χ0v) is 21.7. The molecule has 0 aromatic heterocycles. The van der Waals surface area contributed by atoms with Crippen LogP contribution in [0.5, 0.6) is 5.75 Å². The fourth-order valence-corrected chi connectivity index (χ4v) is 5.36. The number of nitrogens with two attached hydrogens (primary N) is 1. The van der Waals surface area contributed by atoms with E-state index in [1.165, 1.54) is 65.6 Å². The highest BCUT2D eigenvalue weighted by atomic mass is 16.5. The van der Waals surface area contributed by atoms with E-state index in [-0.39, 0.29) is 5.54 Å². The van der Waals surface area contributed by atoms with Crippen LogP contribution in [0.3, 0.4) is 0 Å². The van der Waals surface area contributed by atoms with Crippen LogP contribution in [0.1, 0.15) is 68.6 Å². The van der Waals surface area contributed by atoms with Crippen molar-refractivity contribution in [2.45, 2.75) is 76.9 Å². The summed E-state index contributed by atoms with van der Waals surface area (Å²) in [6, 6.07) is 25.9. The van der Waals surface area contributed by atoms with Gasteiger partial charge in [0.05, 0.1) is 0 Å². The second kappa shape index (κ2) is 11.4. The molecule has 0 aliphatic heterocycles. The lowest BCUT2D eigenvalue weighted by atomic mass is 9.79. The molecule has 3 heteroatoms. The van der Waals surface area contributed by atoms with Gasteiger partial charge in [-0.1, -0.05) is 60.7 Å². The number of fused-ring (bicyclic) bond motifs is 1. The van der Waals surface area contributed by atoms with Gasteiger partial charge in [0, 0.05) is 17.8 Å². The molecule has 0 amide bonds. The number of ether oxygens (including phenoxy) is 1. The van der Waals surface area contributed by atoms with Crippen molar-refractivity contribution in [2.24, 2.45) is 16.6 Å². The number of rotatable bonds is 10. The second-order valence-corrected chi connectivity index (χ2v) is 11.1. The monoisotopic (exact) mass is 480 g/mol. The molecule has 188 valence electrons. The van der Waals surface area contributed by atoms with Crippen LogP contribution in [-0.2, 0) is 19.4 Å². The van der Waals surface area contributed by atoms with Crippen LogP contribution >= 0.6 is 0 Å². The lowest BCUT2D eigenvalue weighted by Gasteiger charge is -2.30. The van der Waals surface area contributed by atoms with E-state index in [1.807, 2.05) is 0 Å². The van der Waals surface area contributed by atoms with Gasteiger partial charge in [-0.15, -0.1) is 0 Å². The van der Waals surface area contributed by atoms with Crippen molar-refractivity contribution in [2.75, 3.05) is 6.54 Å². The zero-order chi connectivity index (χ0) is 24.8. The van der Waals surface area contributed by atoms with Crippen LogP contribution in [0.15, 0.2) is 77.8 Å². The lowest BCUT2D eigenvalue weighted by Crippen LogP contribution is -2.37. The van der Waals surface area contributed by atoms with Crippen molar-refractivity contribution in [1.82, 2.24) is 0 Å². The van der Waals surface area contributed by atoms with E-state index in [9.17, 15) is 0 Å². The van der Waals surface area contributed by atoms with Gasteiger partial charge >= 0.3 is 0 Å². The molecule has 2 aliphatic carbocycles. The van der Waals surface area contributed by atoms with Crippen LogP contribution in [0, 0.1) is 5.92 Å². The van der Waals surface area contributed by atoms with Gasteiger partial charge in [-0.25, -0.2) is 0 Å². The molecular weight excluding hydrogens is 440 g/mol. The molecule has 0 radical (unpaired) electrons. The summed E-state index contributed by atoms with van der Waals surface area (Å²) < 4.78 is 6.16. The van der Waals surface area contributed by atoms with E-state index in [1.54, 1.807) is 0 Å². The van der Waals surface area contributed by atoms with Gasteiger partial charge in [0.25, 0.3) is 0 Å². The summed E-state index contributed by atoms with van der Waals surface area (Å²) in [5.41, 5.74) is 14.5. The first-order valence-corrected chi connectivity index (χ1v) is 13.7. The average molecular weight is 481 g/mol. The van der Waals surface area contributed by atoms with Crippen molar-refractivity contribution < 1.29 is 4.74 Å². The van der Waals surface area contributed by atoms with Crippen LogP contribution in [0.4, 0.5) is 0 Å². The molecule has 36 heavy (non-hydrogen) atoms. The molecule has 2 unspecified atom stereocenters. The second-order valence-electron chi connectivity index (χ2n) is 11.1. The molecule has 0 saturated heterocycles. The van der Waals surface area contributed by atoms with Crippen LogP contribution < -0.4 is 10.5 Å². The lowest BCUT2D eigenvalue weighted by molar-refractivity contribution is 0.304. The fourth-order valence-electron chi connectivity index (χ4n) is 5.36. The maximum absolute atomic E-state index is 6.63. The number of nitrogens with zero attached hydrogens (tertiary/aromatic N) is 1. The predicted molar refractivity (Wildman–Crippen MR) is 151 cm³/mol. The summed E-state index contributed by atoms with van der Waals surface area (Å²) in [7, 11) is 0. The third-order valence-corrected chi connectivity index (χ3v) is 8.05. The number of hydrogen-bond acceptors (Lipinski definition) is 3. The van der Waals surface area contributed by atoms with Crippen molar-refractivity contribution in [3.8, 4) is 16.9 Å². The summed E-state index contributed by atoms with van der Waals surface area (Å²) in [6.07, 6.45) is 10.6. The standard InChI is InChI=1S/C33H40N2O/c1-33(34,20-21-35-31-8-5-9-31)19-18-25-10-15-30-23-32(17-16-29(30)22-25)36-24-26-11-13-28(14-12-26)27-6-3-2-4-7-27/h2-4,6-7,11-14,16-17,23,25H,5,8-10,15,18-22,24,34H2,1H3. The van der Waals surface area contributed by atoms with Crippen molar-refractivity contribution in [3.05, 3.63) is 89.5 Å². The first-order valence-electron chi connectivity index (χ1n) is 13.7. The summed E-state index contributed by atoms with van der Waals surface area (Å²) >= 11 is 0. The molecular formula is C33H40N2O. The van der Waals surface area contributed by atoms with E-state index in [0.717, 1.165) is 43.9 Å². The highest BCUT2D eigenvalue weighted by Gasteiger charge is 2.24. The fraction of sp³-hybridized carbons (Fsp3) is 0.424. The van der Waals surface area contributed by atoms with Gasteiger partial charge in [0.15, 0.2) is 0 Å². The minimum absolute atomic E-state index is 0.106. The Labute approximate surface area is 216 Å². The van der Waals surface area contributed by atoms with E-state index >= 15 is 0 Å². The summed E-state index contributed by atoms with van der Waals surface area (Å²) in [5.74, 6) is 1.70. The zero-order valence-electron chi connectivity index (χ0n) is 21.7. The van der Waals surface area contributed by atoms with Crippen LogP contribution in [0.25, 0.3) is 11.1 Å². The smallest absolute Gasteiger partial charge is 0.120 e. The largest absolute Gasteiger partial charge is 0.489 e. The van der Waals surface area contributed by atoms with Gasteiger partial charge < -0.3 is 10.5 Å². The SMILES string of the molecule is CC(N)(CCN=C1CCC1)CCC1CCc2cc(OCc3ccc(-c4ccccc4)cc3)ccc2C1. The van der Waals surface area contributed by atoms with Gasteiger partial charge in [0.1, 0.15) is 12.4 Å². The molecule has 1 fully saturated rings. The Bertz CT molecular complexity index is 1160. The Morgan fingerprint density at radius 1 is 0.889 bits per heavy atom. The minimum atomic E-state index is -0.106. The van der Waals surface area contributed by atoms with Crippen molar-refractivity contribution in [1.29, 1.82) is 0 Å². The Hall–Kier alpha value is -2.91. The molecule has 2 N–H and O–H groups in total. The molecule has 0 spiro atoms. The topological polar surface area (TPSA) is 47.6 Å². The molecule has 1 saturated carbocycles. The van der Waals surface area contributed by atoms with Crippen LogP contribution in [0.2, 0.25) is 0 Å². The summed E-state index contributed by atoms with van der Waals surface area (Å²) in [4.78, 5) is 4.72. The molecule has 2 atom stereocenters. The molecule has 5 rings (SSSR count). The maximum Gasteiger partial charge on any atom is 0.120 e. The first kappa shape index (κ1) is 24.8. The number of benzene rings is 3. The Morgan fingerprint density at radius 3 is 2.42 bits per heavy atom. The average Bonchev–Trinajstić information content (AvgIpc) is 2.88. The Balaban J connectivity index is 1.09. The van der Waals surface area contributed by atoms with Gasteiger partial charge in [-0.2, -0.15) is 0 Å². The quantitative estimate of drug-likeness (QED) is 0.326. The highest BCUT2D eigenvalue weighted by molar-refractivity contribution is 5.89. The molecule has 3 nitrogen and oxygen atoms in total. The summed E-state index contributed by atoms with van der Waals surface area (Å²) in [5, 5.41) is 0. The molecule has 0 bridgehead atoms. The molecule has 3 aromatic carbocycles. The number of aliphatic imine (C=N–C) groups is 1. The maximum atomic E-state index is 6.63. The third-order valence-electron chi connectivity index (χ3n) is 8.05. The third kappa shape index (κ3) is 6.64. The predicted octanol–water partition coefficient (Wildman–Crippen LogP) is 7.55. The van der Waals surface area contributed by atoms with E-state index < -0.39 is 0 Å². The Morgan fingerprint density at radius 2 is 1.67 bits per heavy atom. The molecule has 3 aromatic rings. The molecule has 0 heterocycles. The van der Waals surface area contributed by atoms with Gasteiger partial charge in [-0.05, 0) is 111 Å². The Kier molecular flexibility index (Phi) is 7.87. The van der Waals surface area contributed by atoms with Crippen LogP contribution in [-0.4, -0.2) is 17.8 Å². The summed E-state index contributed by atoms with van der Waals surface area (Å²) in [6.45, 7) is 3.70. The number of aryl methyl sites for hydroxylation is 1. The highest BCUT2D eigenvalue weighted by Crippen LogP contribution is 2.32.